The summed E-state index contributed by atoms with van der Waals surface area (Å²) in [5.74, 6) is -0.658. The molecule has 1 aromatic carbocycles. The number of benzene rings is 1. The first-order chi connectivity index (χ1) is 12.0. The van der Waals surface area contributed by atoms with Crippen molar-refractivity contribution in [2.24, 2.45) is 0 Å². The molecule has 3 heterocycles. The van der Waals surface area contributed by atoms with Gasteiger partial charge in [0, 0.05) is 0 Å². The minimum Gasteiger partial charge on any atom is -0.461 e. The van der Waals surface area contributed by atoms with Gasteiger partial charge in [0.15, 0.2) is 0 Å². The highest BCUT2D eigenvalue weighted by Gasteiger charge is 2.39. The first-order valence-electron chi connectivity index (χ1n) is 7.41. The average Bonchev–Trinajstić information content (AvgIpc) is 3.31. The second-order valence-electron chi connectivity index (χ2n) is 5.40. The zero-order valence-corrected chi connectivity index (χ0v) is 13.8. The van der Waals surface area contributed by atoms with Crippen LogP contribution in [0.25, 0.3) is 10.6 Å². The lowest BCUT2D eigenvalue weighted by Crippen LogP contribution is -2.32. The van der Waals surface area contributed by atoms with E-state index in [1.54, 1.807) is 30.3 Å². The Labute approximate surface area is 146 Å². The van der Waals surface area contributed by atoms with Crippen LogP contribution in [0, 0.1) is 6.92 Å². The van der Waals surface area contributed by atoms with E-state index in [0.29, 0.717) is 10.8 Å². The first kappa shape index (κ1) is 15.3. The predicted molar refractivity (Wildman–Crippen MR) is 89.1 cm³/mol. The smallest absolute Gasteiger partial charge is 0.373 e. The van der Waals surface area contributed by atoms with E-state index >= 15 is 0 Å². The number of aryl methyl sites for hydroxylation is 1. The third kappa shape index (κ3) is 2.54. The predicted octanol–water partition coefficient (Wildman–Crippen LogP) is 3.68. The average molecular weight is 353 g/mol. The van der Waals surface area contributed by atoms with Gasteiger partial charge >= 0.3 is 5.97 Å². The van der Waals surface area contributed by atoms with Crippen molar-refractivity contribution >= 4 is 29.1 Å². The van der Waals surface area contributed by atoms with Crippen LogP contribution in [0.2, 0.25) is 0 Å². The van der Waals surface area contributed by atoms with Gasteiger partial charge in [0.1, 0.15) is 16.4 Å². The number of furan rings is 1. The minimum absolute atomic E-state index is 0.221. The summed E-state index contributed by atoms with van der Waals surface area (Å²) in [5.41, 5.74) is 0.441. The van der Waals surface area contributed by atoms with Crippen LogP contribution < -0.4 is 0 Å². The Morgan fingerprint density at radius 3 is 2.28 bits per heavy atom. The molecular formula is C18H11NO5S. The summed E-state index contributed by atoms with van der Waals surface area (Å²) >= 11 is 1.16. The summed E-state index contributed by atoms with van der Waals surface area (Å²) in [6.45, 7) is 1.83. The molecule has 0 spiro atoms. The number of imide groups is 1. The fourth-order valence-corrected chi connectivity index (χ4v) is 3.36. The number of thiophene rings is 1. The molecule has 0 radical (unpaired) electrons. The molecule has 25 heavy (non-hydrogen) atoms. The molecule has 0 bridgehead atoms. The summed E-state index contributed by atoms with van der Waals surface area (Å²) in [4.78, 5) is 42.8. The molecule has 4 rings (SSSR count). The molecule has 6 nitrogen and oxygen atoms in total. The number of amides is 2. The van der Waals surface area contributed by atoms with Gasteiger partial charge in [-0.15, -0.1) is 11.3 Å². The number of hydrogen-bond donors (Lipinski definition) is 0. The highest BCUT2D eigenvalue weighted by atomic mass is 32.1. The maximum Gasteiger partial charge on any atom is 0.373 e. The molecule has 0 fully saturated rings. The molecule has 124 valence electrons. The summed E-state index contributed by atoms with van der Waals surface area (Å²) in [6, 6.07) is 13.3. The Hall–Kier alpha value is -3.19. The van der Waals surface area contributed by atoms with E-state index in [1.807, 2.05) is 13.0 Å². The molecule has 3 aromatic rings. The van der Waals surface area contributed by atoms with Crippen molar-refractivity contribution in [1.29, 1.82) is 0 Å². The van der Waals surface area contributed by atoms with Crippen LogP contribution in [0.3, 0.4) is 0 Å². The molecule has 2 aromatic heterocycles. The van der Waals surface area contributed by atoms with Crippen LogP contribution in [0.4, 0.5) is 0 Å². The van der Waals surface area contributed by atoms with Crippen molar-refractivity contribution in [3.05, 3.63) is 70.3 Å². The van der Waals surface area contributed by atoms with Gasteiger partial charge in [-0.1, -0.05) is 17.2 Å². The standard InChI is InChI=1S/C18H11NO5S/c1-10-6-7-13(23-10)14-8-9-15(25-14)18(22)24-19-16(20)11-4-2-3-5-12(11)17(19)21/h2-9H,1H3. The van der Waals surface area contributed by atoms with E-state index in [-0.39, 0.29) is 16.0 Å². The zero-order chi connectivity index (χ0) is 17.6. The summed E-state index contributed by atoms with van der Waals surface area (Å²) in [6.07, 6.45) is 0. The van der Waals surface area contributed by atoms with Crippen molar-refractivity contribution < 1.29 is 23.6 Å². The first-order valence-corrected chi connectivity index (χ1v) is 8.23. The third-order valence-corrected chi connectivity index (χ3v) is 4.80. The van der Waals surface area contributed by atoms with E-state index in [4.69, 9.17) is 9.25 Å². The normalized spacial score (nSPS) is 13.2. The summed E-state index contributed by atoms with van der Waals surface area (Å²) < 4.78 is 5.51. The Balaban J connectivity index is 1.55. The van der Waals surface area contributed by atoms with E-state index in [2.05, 4.69) is 0 Å². The lowest BCUT2D eigenvalue weighted by molar-refractivity contribution is -0.0581. The van der Waals surface area contributed by atoms with Crippen molar-refractivity contribution in [2.45, 2.75) is 6.92 Å². The topological polar surface area (TPSA) is 76.8 Å². The lowest BCUT2D eigenvalue weighted by Gasteiger charge is -2.11. The van der Waals surface area contributed by atoms with E-state index in [0.717, 1.165) is 22.0 Å². The van der Waals surface area contributed by atoms with Crippen molar-refractivity contribution in [3.8, 4) is 10.6 Å². The van der Waals surface area contributed by atoms with E-state index < -0.39 is 17.8 Å². The van der Waals surface area contributed by atoms with Crippen LogP contribution in [0.5, 0.6) is 0 Å². The maximum absolute atomic E-state index is 12.3. The van der Waals surface area contributed by atoms with Gasteiger partial charge in [0.25, 0.3) is 11.8 Å². The molecule has 1 aliphatic rings. The third-order valence-electron chi connectivity index (χ3n) is 3.72. The second kappa shape index (κ2) is 5.71. The van der Waals surface area contributed by atoms with Crippen molar-refractivity contribution in [3.63, 3.8) is 0 Å². The highest BCUT2D eigenvalue weighted by Crippen LogP contribution is 2.31. The van der Waals surface area contributed by atoms with Crippen molar-refractivity contribution in [1.82, 2.24) is 5.06 Å². The van der Waals surface area contributed by atoms with E-state index in [9.17, 15) is 14.4 Å². The Morgan fingerprint density at radius 1 is 1.00 bits per heavy atom. The molecule has 2 amide bonds. The van der Waals surface area contributed by atoms with Gasteiger partial charge in [-0.25, -0.2) is 4.79 Å². The Bertz CT molecular complexity index is 981. The molecule has 0 N–H and O–H groups in total. The maximum atomic E-state index is 12.3. The fourth-order valence-electron chi connectivity index (χ4n) is 2.52. The molecule has 7 heteroatoms. The number of carbonyl (C=O) groups is 3. The van der Waals surface area contributed by atoms with Crippen LogP contribution in [0.1, 0.15) is 36.1 Å². The van der Waals surface area contributed by atoms with Crippen LogP contribution in [-0.4, -0.2) is 22.8 Å². The van der Waals surface area contributed by atoms with Gasteiger partial charge in [-0.05, 0) is 43.3 Å². The number of rotatable bonds is 3. The molecule has 0 aliphatic carbocycles. The largest absolute Gasteiger partial charge is 0.461 e. The van der Waals surface area contributed by atoms with Gasteiger partial charge in [0.05, 0.1) is 16.0 Å². The second-order valence-corrected chi connectivity index (χ2v) is 6.49. The van der Waals surface area contributed by atoms with Gasteiger partial charge in [-0.2, -0.15) is 0 Å². The Kier molecular flexibility index (Phi) is 3.51. The van der Waals surface area contributed by atoms with Crippen LogP contribution in [-0.2, 0) is 4.84 Å². The highest BCUT2D eigenvalue weighted by molar-refractivity contribution is 7.17. The molecule has 0 unspecified atom stereocenters. The molecule has 0 saturated heterocycles. The monoisotopic (exact) mass is 353 g/mol. The van der Waals surface area contributed by atoms with Gasteiger partial charge in [-0.3, -0.25) is 9.59 Å². The molecule has 1 aliphatic heterocycles. The molecule has 0 saturated carbocycles. The zero-order valence-electron chi connectivity index (χ0n) is 13.0. The lowest BCUT2D eigenvalue weighted by atomic mass is 10.1. The van der Waals surface area contributed by atoms with Crippen molar-refractivity contribution in [2.75, 3.05) is 0 Å². The number of hydroxylamine groups is 2. The summed E-state index contributed by atoms with van der Waals surface area (Å²) in [5, 5.41) is 0.503. The van der Waals surface area contributed by atoms with E-state index in [1.165, 1.54) is 12.1 Å². The molecular weight excluding hydrogens is 342 g/mol. The SMILES string of the molecule is Cc1ccc(-c2ccc(C(=O)ON3C(=O)c4ccccc4C3=O)s2)o1. The Morgan fingerprint density at radius 2 is 1.68 bits per heavy atom. The number of hydrogen-bond acceptors (Lipinski definition) is 6. The fraction of sp³-hybridized carbons (Fsp3) is 0.0556. The summed E-state index contributed by atoms with van der Waals surface area (Å²) in [7, 11) is 0. The van der Waals surface area contributed by atoms with Crippen LogP contribution in [0.15, 0.2) is 52.9 Å². The number of nitrogens with zero attached hydrogens (tertiary/aromatic N) is 1. The minimum atomic E-state index is -0.769. The number of fused-ring (bicyclic) bond motifs is 1. The molecule has 0 atom stereocenters. The number of carbonyl (C=O) groups excluding carboxylic acids is 3. The van der Waals surface area contributed by atoms with Crippen LogP contribution >= 0.6 is 11.3 Å². The quantitative estimate of drug-likeness (QED) is 0.671. The van der Waals surface area contributed by atoms with Gasteiger partial charge < -0.3 is 9.25 Å². The van der Waals surface area contributed by atoms with Gasteiger partial charge in [0.2, 0.25) is 0 Å².